The van der Waals surface area contributed by atoms with Crippen LogP contribution >= 0.6 is 23.4 Å². The van der Waals surface area contributed by atoms with Gasteiger partial charge >= 0.3 is 0 Å². The van der Waals surface area contributed by atoms with E-state index >= 15 is 0 Å². The summed E-state index contributed by atoms with van der Waals surface area (Å²) in [5.41, 5.74) is 1.67. The lowest BCUT2D eigenvalue weighted by Gasteiger charge is -2.08. The van der Waals surface area contributed by atoms with Crippen LogP contribution in [0.1, 0.15) is 11.3 Å². The first-order valence-corrected chi connectivity index (χ1v) is 8.57. The molecule has 0 aliphatic carbocycles. The van der Waals surface area contributed by atoms with Crippen LogP contribution in [0.5, 0.6) is 0 Å². The van der Waals surface area contributed by atoms with E-state index in [-0.39, 0.29) is 11.7 Å². The molecule has 0 bridgehead atoms. The fraction of sp³-hybridized carbons (Fsp3) is 0.188. The van der Waals surface area contributed by atoms with Crippen LogP contribution in [0.25, 0.3) is 0 Å². The van der Waals surface area contributed by atoms with Crippen molar-refractivity contribution in [2.75, 3.05) is 11.1 Å². The second-order valence-electron chi connectivity index (χ2n) is 5.12. The highest BCUT2D eigenvalue weighted by molar-refractivity contribution is 7.99. The van der Waals surface area contributed by atoms with Crippen molar-refractivity contribution in [2.45, 2.75) is 18.6 Å². The largest absolute Gasteiger partial charge is 0.467 e. The minimum atomic E-state index is -0.113. The van der Waals surface area contributed by atoms with Gasteiger partial charge in [-0.1, -0.05) is 23.4 Å². The van der Waals surface area contributed by atoms with Gasteiger partial charge in [0.05, 0.1) is 18.6 Å². The fourth-order valence-corrected chi connectivity index (χ4v) is 3.06. The summed E-state index contributed by atoms with van der Waals surface area (Å²) < 4.78 is 7.15. The maximum Gasteiger partial charge on any atom is 0.234 e. The van der Waals surface area contributed by atoms with E-state index in [1.54, 1.807) is 24.7 Å². The highest BCUT2D eigenvalue weighted by Gasteiger charge is 2.11. The molecule has 0 atom stereocenters. The van der Waals surface area contributed by atoms with Crippen molar-refractivity contribution in [3.8, 4) is 0 Å². The van der Waals surface area contributed by atoms with Crippen molar-refractivity contribution in [2.24, 2.45) is 0 Å². The van der Waals surface area contributed by atoms with Crippen LogP contribution in [-0.4, -0.2) is 26.4 Å². The Bertz CT molecular complexity index is 832. The maximum absolute atomic E-state index is 12.1. The van der Waals surface area contributed by atoms with Crippen LogP contribution in [0.2, 0.25) is 5.02 Å². The molecule has 0 aliphatic heterocycles. The molecule has 0 spiro atoms. The van der Waals surface area contributed by atoms with Crippen molar-refractivity contribution in [3.05, 3.63) is 59.3 Å². The van der Waals surface area contributed by atoms with E-state index in [0.29, 0.717) is 16.7 Å². The van der Waals surface area contributed by atoms with Crippen molar-refractivity contribution in [1.82, 2.24) is 14.8 Å². The Hall–Kier alpha value is -2.25. The minimum absolute atomic E-state index is 0.113. The van der Waals surface area contributed by atoms with E-state index in [1.807, 2.05) is 29.7 Å². The molecular weight excluding hydrogens is 348 g/mol. The van der Waals surface area contributed by atoms with Gasteiger partial charge < -0.3 is 14.3 Å². The number of carbonyl (C=O) groups excluding carboxylic acids is 1. The lowest BCUT2D eigenvalue weighted by atomic mass is 10.2. The van der Waals surface area contributed by atoms with Crippen LogP contribution in [0.3, 0.4) is 0 Å². The van der Waals surface area contributed by atoms with Gasteiger partial charge in [0, 0.05) is 10.7 Å². The number of hydrogen-bond donors (Lipinski definition) is 1. The summed E-state index contributed by atoms with van der Waals surface area (Å²) in [6.07, 6.45) is 3.24. The smallest absolute Gasteiger partial charge is 0.234 e. The Morgan fingerprint density at radius 2 is 2.29 bits per heavy atom. The van der Waals surface area contributed by atoms with Crippen molar-refractivity contribution >= 4 is 35.0 Å². The van der Waals surface area contributed by atoms with Crippen molar-refractivity contribution in [1.29, 1.82) is 0 Å². The molecule has 0 unspecified atom stereocenters. The number of carbonyl (C=O) groups is 1. The monoisotopic (exact) mass is 362 g/mol. The van der Waals surface area contributed by atoms with E-state index in [4.69, 9.17) is 16.0 Å². The predicted molar refractivity (Wildman–Crippen MR) is 93.4 cm³/mol. The Morgan fingerprint density at radius 3 is 3.04 bits per heavy atom. The first-order chi connectivity index (χ1) is 11.6. The predicted octanol–water partition coefficient (Wildman–Crippen LogP) is 3.61. The molecule has 0 saturated carbocycles. The number of nitrogens with one attached hydrogen (secondary N) is 1. The van der Waals surface area contributed by atoms with Crippen LogP contribution in [0.4, 0.5) is 5.69 Å². The summed E-state index contributed by atoms with van der Waals surface area (Å²) in [5.74, 6) is 0.926. The highest BCUT2D eigenvalue weighted by atomic mass is 35.5. The number of amides is 1. The summed E-state index contributed by atoms with van der Waals surface area (Å²) in [7, 11) is 0. The van der Waals surface area contributed by atoms with Gasteiger partial charge in [-0.25, -0.2) is 0 Å². The highest BCUT2D eigenvalue weighted by Crippen LogP contribution is 2.21. The van der Waals surface area contributed by atoms with Crippen molar-refractivity contribution < 1.29 is 9.21 Å². The molecule has 6 nitrogen and oxygen atoms in total. The van der Waals surface area contributed by atoms with Crippen molar-refractivity contribution in [3.63, 3.8) is 0 Å². The molecule has 0 saturated heterocycles. The third-order valence-corrected chi connectivity index (χ3v) is 4.50. The Balaban J connectivity index is 1.58. The van der Waals surface area contributed by atoms with E-state index in [9.17, 15) is 4.79 Å². The molecule has 124 valence electrons. The van der Waals surface area contributed by atoms with Gasteiger partial charge in [-0.15, -0.1) is 10.2 Å². The van der Waals surface area contributed by atoms with Gasteiger partial charge in [0.25, 0.3) is 0 Å². The molecule has 1 N–H and O–H groups in total. The summed E-state index contributed by atoms with van der Waals surface area (Å²) in [6.45, 7) is 2.43. The van der Waals surface area contributed by atoms with Gasteiger partial charge in [-0.05, 0) is 42.8 Å². The number of thioether (sulfide) groups is 1. The number of furan rings is 1. The van der Waals surface area contributed by atoms with Crippen LogP contribution in [-0.2, 0) is 11.3 Å². The summed E-state index contributed by atoms with van der Waals surface area (Å²) in [6, 6.07) is 9.06. The molecule has 24 heavy (non-hydrogen) atoms. The average Bonchev–Trinajstić information content (AvgIpc) is 3.20. The molecule has 1 amide bonds. The third kappa shape index (κ3) is 4.18. The number of halogens is 1. The topological polar surface area (TPSA) is 73.0 Å². The lowest BCUT2D eigenvalue weighted by Crippen LogP contribution is -2.15. The van der Waals surface area contributed by atoms with E-state index in [0.717, 1.165) is 17.0 Å². The number of nitrogens with zero attached hydrogens (tertiary/aromatic N) is 3. The van der Waals surface area contributed by atoms with Crippen LogP contribution in [0, 0.1) is 6.92 Å². The quantitative estimate of drug-likeness (QED) is 0.678. The second-order valence-corrected chi connectivity index (χ2v) is 6.50. The zero-order valence-corrected chi connectivity index (χ0v) is 14.5. The molecule has 1 aromatic carbocycles. The average molecular weight is 363 g/mol. The van der Waals surface area contributed by atoms with Crippen LogP contribution in [0.15, 0.2) is 52.5 Å². The number of aryl methyl sites for hydroxylation is 1. The zero-order valence-electron chi connectivity index (χ0n) is 12.9. The number of benzene rings is 1. The third-order valence-electron chi connectivity index (χ3n) is 3.28. The number of rotatable bonds is 6. The van der Waals surface area contributed by atoms with Gasteiger partial charge in [0.1, 0.15) is 12.1 Å². The Labute approximate surface area is 148 Å². The Morgan fingerprint density at radius 1 is 1.42 bits per heavy atom. The van der Waals surface area contributed by atoms with Gasteiger partial charge in [0.2, 0.25) is 5.91 Å². The van der Waals surface area contributed by atoms with E-state index in [2.05, 4.69) is 15.5 Å². The molecule has 0 radical (unpaired) electrons. The molecule has 8 heteroatoms. The van der Waals surface area contributed by atoms with E-state index < -0.39 is 0 Å². The molecule has 3 aromatic rings. The first kappa shape index (κ1) is 16.6. The summed E-state index contributed by atoms with van der Waals surface area (Å²) >= 11 is 7.24. The summed E-state index contributed by atoms with van der Waals surface area (Å²) in [5, 5.41) is 12.1. The lowest BCUT2D eigenvalue weighted by molar-refractivity contribution is -0.113. The Kier molecular flexibility index (Phi) is 5.22. The maximum atomic E-state index is 12.1. The standard InChI is InChI=1S/C16H15ClN4O2S/c1-11-7-12(17)4-5-14(11)19-15(22)9-24-16-20-18-10-21(16)8-13-3-2-6-23-13/h2-7,10H,8-9H2,1H3,(H,19,22). The SMILES string of the molecule is Cc1cc(Cl)ccc1NC(=O)CSc1nncn1Cc1ccco1. The molecule has 2 heterocycles. The minimum Gasteiger partial charge on any atom is -0.467 e. The molecule has 0 fully saturated rings. The molecule has 3 rings (SSSR count). The van der Waals surface area contributed by atoms with Gasteiger partial charge in [-0.3, -0.25) is 4.79 Å². The van der Waals surface area contributed by atoms with Crippen LogP contribution < -0.4 is 5.32 Å². The van der Waals surface area contributed by atoms with Gasteiger partial charge in [-0.2, -0.15) is 0 Å². The number of anilines is 1. The normalized spacial score (nSPS) is 10.8. The number of aromatic nitrogens is 3. The number of hydrogen-bond acceptors (Lipinski definition) is 5. The van der Waals surface area contributed by atoms with E-state index in [1.165, 1.54) is 11.8 Å². The second kappa shape index (κ2) is 7.55. The zero-order chi connectivity index (χ0) is 16.9. The summed E-state index contributed by atoms with van der Waals surface area (Å²) in [4.78, 5) is 12.1. The molecular formula is C16H15ClN4O2S. The molecule has 2 aromatic heterocycles. The first-order valence-electron chi connectivity index (χ1n) is 7.21. The fourth-order valence-electron chi connectivity index (χ4n) is 2.12. The van der Waals surface area contributed by atoms with Gasteiger partial charge in [0.15, 0.2) is 5.16 Å². The molecule has 0 aliphatic rings.